The quantitative estimate of drug-likeness (QED) is 0.362. The van der Waals surface area contributed by atoms with Crippen LogP contribution in [0.4, 0.5) is 13.2 Å². The molecule has 0 saturated heterocycles. The molecule has 1 amide bonds. The van der Waals surface area contributed by atoms with Gasteiger partial charge in [0.15, 0.2) is 0 Å². The summed E-state index contributed by atoms with van der Waals surface area (Å²) in [4.78, 5) is 25.0. The Morgan fingerprint density at radius 1 is 0.853 bits per heavy atom. The summed E-state index contributed by atoms with van der Waals surface area (Å²) < 4.78 is 44.6. The predicted molar refractivity (Wildman–Crippen MR) is 124 cm³/mol. The second-order valence-electron chi connectivity index (χ2n) is 8.41. The molecule has 174 valence electrons. The molecule has 1 heterocycles. The highest BCUT2D eigenvalue weighted by atomic mass is 19.4. The fourth-order valence-corrected chi connectivity index (χ4v) is 4.06. The number of hydrogen-bond acceptors (Lipinski definition) is 3. The first-order valence-electron chi connectivity index (χ1n) is 10.6. The molecule has 0 fully saturated rings. The van der Waals surface area contributed by atoms with Gasteiger partial charge < -0.3 is 9.73 Å². The van der Waals surface area contributed by atoms with Crippen LogP contribution >= 0.6 is 0 Å². The average molecular weight is 465 g/mol. The van der Waals surface area contributed by atoms with Crippen molar-refractivity contribution in [2.24, 2.45) is 0 Å². The smallest absolute Gasteiger partial charge is 0.416 e. The molecule has 7 heteroatoms. The molecule has 0 aliphatic heterocycles. The first kappa shape index (κ1) is 23.3. The lowest BCUT2D eigenvalue weighted by Gasteiger charge is -2.21. The number of benzene rings is 3. The lowest BCUT2D eigenvalue weighted by atomic mass is 9.95. The van der Waals surface area contributed by atoms with Crippen LogP contribution in [-0.2, 0) is 6.18 Å². The second-order valence-corrected chi connectivity index (χ2v) is 8.41. The first-order chi connectivity index (χ1) is 16.0. The Balaban J connectivity index is 1.80. The summed E-state index contributed by atoms with van der Waals surface area (Å²) in [6.07, 6.45) is -4.47. The molecule has 4 nitrogen and oxygen atoms in total. The third-order valence-corrected chi connectivity index (χ3v) is 5.64. The highest BCUT2D eigenvalue weighted by Gasteiger charge is 2.30. The fraction of sp³-hybridized carbons (Fsp3) is 0.185. The van der Waals surface area contributed by atoms with Gasteiger partial charge in [0, 0.05) is 17.0 Å². The normalized spacial score (nSPS) is 12.5. The van der Waals surface area contributed by atoms with Crippen molar-refractivity contribution >= 4 is 16.9 Å². The molecule has 0 aliphatic carbocycles. The number of halogens is 3. The van der Waals surface area contributed by atoms with Crippen LogP contribution in [0.25, 0.3) is 11.0 Å². The monoisotopic (exact) mass is 465 g/mol. The largest absolute Gasteiger partial charge is 0.423 e. The van der Waals surface area contributed by atoms with E-state index >= 15 is 0 Å². The van der Waals surface area contributed by atoms with Crippen molar-refractivity contribution in [3.8, 4) is 0 Å². The number of hydrogen-bond donors (Lipinski definition) is 1. The zero-order valence-corrected chi connectivity index (χ0v) is 18.8. The molecular weight excluding hydrogens is 443 g/mol. The third kappa shape index (κ3) is 4.88. The minimum absolute atomic E-state index is 0.333. The van der Waals surface area contributed by atoms with Gasteiger partial charge in [-0.3, -0.25) is 4.79 Å². The zero-order chi connectivity index (χ0) is 24.6. The summed E-state index contributed by atoms with van der Waals surface area (Å²) in [6, 6.07) is 15.9. The van der Waals surface area contributed by atoms with Crippen LogP contribution in [0.5, 0.6) is 0 Å². The van der Waals surface area contributed by atoms with Crippen molar-refractivity contribution in [2.75, 3.05) is 0 Å². The topological polar surface area (TPSA) is 59.3 Å². The number of rotatable bonds is 4. The molecule has 4 rings (SSSR count). The molecule has 4 aromatic rings. The summed E-state index contributed by atoms with van der Waals surface area (Å²) in [6.45, 7) is 5.55. The van der Waals surface area contributed by atoms with Crippen molar-refractivity contribution in [2.45, 2.75) is 33.0 Å². The first-order valence-corrected chi connectivity index (χ1v) is 10.6. The van der Waals surface area contributed by atoms with Crippen molar-refractivity contribution in [3.05, 3.63) is 116 Å². The molecular formula is C27H22F3NO3. The number of aryl methyl sites for hydroxylation is 3. The van der Waals surface area contributed by atoms with Crippen LogP contribution in [0.3, 0.4) is 0 Å². The van der Waals surface area contributed by atoms with Gasteiger partial charge in [-0.1, -0.05) is 41.5 Å². The van der Waals surface area contributed by atoms with Crippen LogP contribution in [0, 0.1) is 20.8 Å². The summed E-state index contributed by atoms with van der Waals surface area (Å²) in [5.41, 5.74) is 3.08. The van der Waals surface area contributed by atoms with Crippen molar-refractivity contribution in [1.29, 1.82) is 0 Å². The molecule has 0 saturated carbocycles. The Kier molecular flexibility index (Phi) is 6.04. The molecule has 0 radical (unpaired) electrons. The van der Waals surface area contributed by atoms with E-state index in [0.29, 0.717) is 22.3 Å². The Morgan fingerprint density at radius 3 is 2.09 bits per heavy atom. The maximum absolute atomic E-state index is 13.1. The Morgan fingerprint density at radius 2 is 1.47 bits per heavy atom. The van der Waals surface area contributed by atoms with Gasteiger partial charge >= 0.3 is 11.8 Å². The molecule has 1 atom stereocenters. The SMILES string of the molecule is Cc1cc(C)cc(C(=O)NC(c2ccc(C(F)(F)F)cc2)c2ccc3c(C)cc(=O)oc3c2)c1. The summed E-state index contributed by atoms with van der Waals surface area (Å²) in [5, 5.41) is 3.66. The van der Waals surface area contributed by atoms with Gasteiger partial charge in [0.05, 0.1) is 11.6 Å². The number of carbonyl (C=O) groups is 1. The molecule has 34 heavy (non-hydrogen) atoms. The number of carbonyl (C=O) groups excluding carboxylic acids is 1. The van der Waals surface area contributed by atoms with Gasteiger partial charge in [-0.25, -0.2) is 4.79 Å². The minimum Gasteiger partial charge on any atom is -0.423 e. The minimum atomic E-state index is -4.47. The molecule has 3 aromatic carbocycles. The fourth-order valence-electron chi connectivity index (χ4n) is 4.06. The highest BCUT2D eigenvalue weighted by molar-refractivity contribution is 5.95. The Bertz CT molecular complexity index is 1420. The van der Waals surface area contributed by atoms with Gasteiger partial charge in [0.1, 0.15) is 5.58 Å². The molecule has 1 unspecified atom stereocenters. The van der Waals surface area contributed by atoms with E-state index in [1.807, 2.05) is 19.9 Å². The standard InChI is InChI=1S/C27H22F3NO3/c1-15-10-16(2)12-20(11-15)26(33)31-25(18-4-7-21(8-5-18)27(28,29)30)19-6-9-22-17(3)13-24(32)34-23(22)14-19/h4-14,25H,1-3H3,(H,31,33). The van der Waals surface area contributed by atoms with E-state index in [-0.39, 0.29) is 5.91 Å². The highest BCUT2D eigenvalue weighted by Crippen LogP contribution is 2.32. The van der Waals surface area contributed by atoms with Crippen LogP contribution in [0.1, 0.15) is 49.8 Å². The van der Waals surface area contributed by atoms with E-state index in [4.69, 9.17) is 4.42 Å². The van der Waals surface area contributed by atoms with Crippen molar-refractivity contribution in [1.82, 2.24) is 5.32 Å². The summed E-state index contributed by atoms with van der Waals surface area (Å²) in [5.74, 6) is -0.373. The van der Waals surface area contributed by atoms with Crippen molar-refractivity contribution < 1.29 is 22.4 Å². The number of alkyl halides is 3. The van der Waals surface area contributed by atoms with Gasteiger partial charge in [0.25, 0.3) is 5.91 Å². The third-order valence-electron chi connectivity index (χ3n) is 5.64. The van der Waals surface area contributed by atoms with Crippen LogP contribution in [0.2, 0.25) is 0 Å². The summed E-state index contributed by atoms with van der Waals surface area (Å²) in [7, 11) is 0. The Hall–Kier alpha value is -3.87. The molecule has 0 bridgehead atoms. The van der Waals surface area contributed by atoms with Gasteiger partial charge in [-0.15, -0.1) is 0 Å². The number of fused-ring (bicyclic) bond motifs is 1. The molecule has 1 N–H and O–H groups in total. The zero-order valence-electron chi connectivity index (χ0n) is 18.8. The van der Waals surface area contributed by atoms with Crippen LogP contribution < -0.4 is 10.9 Å². The molecule has 0 aliphatic rings. The van der Waals surface area contributed by atoms with E-state index in [9.17, 15) is 22.8 Å². The number of amides is 1. The van der Waals surface area contributed by atoms with Gasteiger partial charge in [-0.05, 0) is 67.8 Å². The maximum atomic E-state index is 13.1. The maximum Gasteiger partial charge on any atom is 0.416 e. The van der Waals surface area contributed by atoms with E-state index in [2.05, 4.69) is 5.32 Å². The van der Waals surface area contributed by atoms with E-state index in [0.717, 1.165) is 34.2 Å². The summed E-state index contributed by atoms with van der Waals surface area (Å²) >= 11 is 0. The lowest BCUT2D eigenvalue weighted by molar-refractivity contribution is -0.137. The molecule has 1 aromatic heterocycles. The van der Waals surface area contributed by atoms with E-state index < -0.39 is 23.4 Å². The molecule has 0 spiro atoms. The second kappa shape index (κ2) is 8.82. The van der Waals surface area contributed by atoms with Crippen molar-refractivity contribution in [3.63, 3.8) is 0 Å². The lowest BCUT2D eigenvalue weighted by Crippen LogP contribution is -2.29. The van der Waals surface area contributed by atoms with Gasteiger partial charge in [-0.2, -0.15) is 13.2 Å². The van der Waals surface area contributed by atoms with Crippen LogP contribution in [0.15, 0.2) is 75.9 Å². The predicted octanol–water partition coefficient (Wildman–Crippen LogP) is 6.26. The van der Waals surface area contributed by atoms with E-state index in [1.165, 1.54) is 18.2 Å². The Labute approximate surface area is 194 Å². The van der Waals surface area contributed by atoms with E-state index in [1.54, 1.807) is 37.3 Å². The average Bonchev–Trinajstić information content (AvgIpc) is 2.75. The van der Waals surface area contributed by atoms with Crippen LogP contribution in [-0.4, -0.2) is 5.91 Å². The number of nitrogens with one attached hydrogen (secondary N) is 1. The van der Waals surface area contributed by atoms with Gasteiger partial charge in [0.2, 0.25) is 0 Å².